The first kappa shape index (κ1) is 14.5. The second kappa shape index (κ2) is 6.01. The smallest absolute Gasteiger partial charge is 0.273 e. The molecule has 2 heterocycles. The number of carbonyl (C=O) groups is 1. The van der Waals surface area contributed by atoms with E-state index in [1.807, 2.05) is 10.3 Å². The van der Waals surface area contributed by atoms with Crippen LogP contribution in [-0.2, 0) is 0 Å². The maximum absolute atomic E-state index is 12.5. The van der Waals surface area contributed by atoms with Crippen LogP contribution < -0.4 is 0 Å². The molecule has 4 nitrogen and oxygen atoms in total. The highest BCUT2D eigenvalue weighted by atomic mass is 32.1. The van der Waals surface area contributed by atoms with Gasteiger partial charge in [0.15, 0.2) is 0 Å². The van der Waals surface area contributed by atoms with Gasteiger partial charge in [-0.15, -0.1) is 11.3 Å². The second-order valence-corrected chi connectivity index (χ2v) is 6.55. The summed E-state index contributed by atoms with van der Waals surface area (Å²) in [5, 5.41) is 12.1. The van der Waals surface area contributed by atoms with E-state index in [4.69, 9.17) is 0 Å². The van der Waals surface area contributed by atoms with Crippen LogP contribution in [0.1, 0.15) is 55.0 Å². The molecule has 1 aromatic heterocycles. The molecule has 1 N–H and O–H groups in total. The maximum Gasteiger partial charge on any atom is 0.273 e. The molecule has 0 bridgehead atoms. The molecule has 0 spiro atoms. The summed E-state index contributed by atoms with van der Waals surface area (Å²) in [6.07, 6.45) is 1.95. The first-order valence-electron chi connectivity index (χ1n) is 6.90. The summed E-state index contributed by atoms with van der Waals surface area (Å²) in [4.78, 5) is 18.8. The number of likely N-dealkylation sites (tertiary alicyclic amines) is 1. The van der Waals surface area contributed by atoms with Gasteiger partial charge in [-0.3, -0.25) is 4.79 Å². The quantitative estimate of drug-likeness (QED) is 0.926. The van der Waals surface area contributed by atoms with Crippen LogP contribution >= 0.6 is 11.3 Å². The van der Waals surface area contributed by atoms with Crippen molar-refractivity contribution in [1.82, 2.24) is 9.88 Å². The molecule has 2 unspecified atom stereocenters. The minimum atomic E-state index is 0.00815. The lowest BCUT2D eigenvalue weighted by molar-refractivity contribution is 0.0484. The van der Waals surface area contributed by atoms with Crippen molar-refractivity contribution in [3.05, 3.63) is 16.1 Å². The second-order valence-electron chi connectivity index (χ2n) is 5.66. The molecule has 1 aliphatic rings. The van der Waals surface area contributed by atoms with E-state index in [9.17, 15) is 9.90 Å². The van der Waals surface area contributed by atoms with E-state index in [0.717, 1.165) is 17.8 Å². The zero-order chi connectivity index (χ0) is 14.0. The molecule has 2 rings (SSSR count). The number of aliphatic hydroxyl groups is 1. The lowest BCUT2D eigenvalue weighted by Gasteiger charge is -2.37. The minimum Gasteiger partial charge on any atom is -0.396 e. The van der Waals surface area contributed by atoms with Gasteiger partial charge in [0.1, 0.15) is 5.69 Å². The first-order chi connectivity index (χ1) is 9.02. The molecular formula is C14H22N2O2S. The number of hydrogen-bond donors (Lipinski definition) is 1. The summed E-state index contributed by atoms with van der Waals surface area (Å²) in [6, 6.07) is 0.236. The fourth-order valence-electron chi connectivity index (χ4n) is 2.41. The van der Waals surface area contributed by atoms with Crippen LogP contribution in [0.4, 0.5) is 0 Å². The van der Waals surface area contributed by atoms with E-state index in [-0.39, 0.29) is 24.5 Å². The summed E-state index contributed by atoms with van der Waals surface area (Å²) in [5.41, 5.74) is 0.555. The van der Waals surface area contributed by atoms with E-state index >= 15 is 0 Å². The third-order valence-corrected chi connectivity index (χ3v) is 4.88. The SMILES string of the molecule is CC(C)c1nc(C(=O)N2CC(CO)CCC2C)cs1. The van der Waals surface area contributed by atoms with Crippen molar-refractivity contribution in [1.29, 1.82) is 0 Å². The molecule has 0 aromatic carbocycles. The van der Waals surface area contributed by atoms with Gasteiger partial charge in [0.05, 0.1) is 5.01 Å². The average molecular weight is 282 g/mol. The molecule has 19 heavy (non-hydrogen) atoms. The first-order valence-corrected chi connectivity index (χ1v) is 7.78. The maximum atomic E-state index is 12.5. The zero-order valence-corrected chi connectivity index (χ0v) is 12.6. The highest BCUT2D eigenvalue weighted by molar-refractivity contribution is 7.09. The van der Waals surface area contributed by atoms with Gasteiger partial charge < -0.3 is 10.0 Å². The van der Waals surface area contributed by atoms with Crippen molar-refractivity contribution in [2.45, 2.75) is 45.6 Å². The molecule has 1 aromatic rings. The van der Waals surface area contributed by atoms with Crippen molar-refractivity contribution < 1.29 is 9.90 Å². The molecule has 0 aliphatic carbocycles. The summed E-state index contributed by atoms with van der Waals surface area (Å²) in [7, 11) is 0. The fraction of sp³-hybridized carbons (Fsp3) is 0.714. The molecule has 0 radical (unpaired) electrons. The zero-order valence-electron chi connectivity index (χ0n) is 11.8. The van der Waals surface area contributed by atoms with Gasteiger partial charge in [-0.25, -0.2) is 4.98 Å². The van der Waals surface area contributed by atoms with E-state index in [2.05, 4.69) is 25.8 Å². The van der Waals surface area contributed by atoms with Gasteiger partial charge in [-0.1, -0.05) is 13.8 Å². The molecule has 1 amide bonds. The summed E-state index contributed by atoms with van der Waals surface area (Å²) in [6.45, 7) is 7.04. The lowest BCUT2D eigenvalue weighted by Crippen LogP contribution is -2.46. The Labute approximate surface area is 118 Å². The molecule has 0 saturated carbocycles. The number of thiazole rings is 1. The number of piperidine rings is 1. The highest BCUT2D eigenvalue weighted by Crippen LogP contribution is 2.25. The van der Waals surface area contributed by atoms with E-state index in [0.29, 0.717) is 18.2 Å². The van der Waals surface area contributed by atoms with E-state index < -0.39 is 0 Å². The predicted molar refractivity (Wildman–Crippen MR) is 76.5 cm³/mol. The number of rotatable bonds is 3. The monoisotopic (exact) mass is 282 g/mol. The number of hydrogen-bond acceptors (Lipinski definition) is 4. The van der Waals surface area contributed by atoms with Crippen LogP contribution in [0.25, 0.3) is 0 Å². The van der Waals surface area contributed by atoms with E-state index in [1.54, 1.807) is 11.3 Å². The van der Waals surface area contributed by atoms with Crippen LogP contribution in [-0.4, -0.2) is 40.1 Å². The Morgan fingerprint density at radius 1 is 1.58 bits per heavy atom. The standard InChI is InChI=1S/C14H22N2O2S/c1-9(2)13-15-12(8-19-13)14(18)16-6-11(7-17)5-4-10(16)3/h8-11,17H,4-7H2,1-3H3. The van der Waals surface area contributed by atoms with Gasteiger partial charge in [-0.05, 0) is 25.7 Å². The van der Waals surface area contributed by atoms with Crippen LogP contribution in [0.15, 0.2) is 5.38 Å². The van der Waals surface area contributed by atoms with Gasteiger partial charge in [0, 0.05) is 30.5 Å². The normalized spacial score (nSPS) is 23.9. The van der Waals surface area contributed by atoms with Gasteiger partial charge in [0.2, 0.25) is 0 Å². The Morgan fingerprint density at radius 2 is 2.32 bits per heavy atom. The van der Waals surface area contributed by atoms with Crippen molar-refractivity contribution in [2.75, 3.05) is 13.2 Å². The number of amides is 1. The van der Waals surface area contributed by atoms with Crippen LogP contribution in [0.3, 0.4) is 0 Å². The predicted octanol–water partition coefficient (Wildman–Crippen LogP) is 2.50. The minimum absolute atomic E-state index is 0.00815. The third-order valence-electron chi connectivity index (χ3n) is 3.73. The van der Waals surface area contributed by atoms with Gasteiger partial charge in [0.25, 0.3) is 5.91 Å². The van der Waals surface area contributed by atoms with Crippen molar-refractivity contribution in [3.63, 3.8) is 0 Å². The van der Waals surface area contributed by atoms with Crippen LogP contribution in [0, 0.1) is 5.92 Å². The Bertz CT molecular complexity index is 444. The van der Waals surface area contributed by atoms with Gasteiger partial charge in [-0.2, -0.15) is 0 Å². The lowest BCUT2D eigenvalue weighted by atomic mass is 9.94. The summed E-state index contributed by atoms with van der Waals surface area (Å²) < 4.78 is 0. The Kier molecular flexibility index (Phi) is 4.58. The Hall–Kier alpha value is -0.940. The number of aliphatic hydroxyl groups excluding tert-OH is 1. The highest BCUT2D eigenvalue weighted by Gasteiger charge is 2.30. The molecule has 1 saturated heterocycles. The molecule has 106 valence electrons. The fourth-order valence-corrected chi connectivity index (χ4v) is 3.22. The molecule has 1 aliphatic heterocycles. The van der Waals surface area contributed by atoms with Gasteiger partial charge >= 0.3 is 0 Å². The number of aromatic nitrogens is 1. The topological polar surface area (TPSA) is 53.4 Å². The van der Waals surface area contributed by atoms with Crippen LogP contribution in [0.2, 0.25) is 0 Å². The van der Waals surface area contributed by atoms with Crippen molar-refractivity contribution >= 4 is 17.2 Å². The summed E-state index contributed by atoms with van der Waals surface area (Å²) >= 11 is 1.55. The Balaban J connectivity index is 2.12. The molecule has 5 heteroatoms. The average Bonchev–Trinajstić information content (AvgIpc) is 2.88. The molecular weight excluding hydrogens is 260 g/mol. The van der Waals surface area contributed by atoms with Crippen molar-refractivity contribution in [2.24, 2.45) is 5.92 Å². The number of nitrogens with zero attached hydrogens (tertiary/aromatic N) is 2. The largest absolute Gasteiger partial charge is 0.396 e. The Morgan fingerprint density at radius 3 is 2.89 bits per heavy atom. The number of carbonyl (C=O) groups excluding carboxylic acids is 1. The van der Waals surface area contributed by atoms with E-state index in [1.165, 1.54) is 0 Å². The third kappa shape index (κ3) is 3.15. The van der Waals surface area contributed by atoms with Crippen LogP contribution in [0.5, 0.6) is 0 Å². The van der Waals surface area contributed by atoms with Crippen molar-refractivity contribution in [3.8, 4) is 0 Å². The summed E-state index contributed by atoms with van der Waals surface area (Å²) in [5.74, 6) is 0.577. The molecule has 1 fully saturated rings. The molecule has 2 atom stereocenters.